The van der Waals surface area contributed by atoms with Crippen LogP contribution in [0.4, 0.5) is 18.9 Å². The van der Waals surface area contributed by atoms with Crippen molar-refractivity contribution in [2.75, 3.05) is 11.9 Å². The molecule has 0 saturated heterocycles. The first-order valence-electron chi connectivity index (χ1n) is 10.2. The highest BCUT2D eigenvalue weighted by atomic mass is 19.3. The van der Waals surface area contributed by atoms with Gasteiger partial charge >= 0.3 is 6.61 Å². The zero-order valence-electron chi connectivity index (χ0n) is 19.3. The number of nitriles is 1. The maximum absolute atomic E-state index is 14.1. The fourth-order valence-corrected chi connectivity index (χ4v) is 3.14. The minimum Gasteiger partial charge on any atom is -0.432 e. The van der Waals surface area contributed by atoms with Crippen LogP contribution in [0, 0.1) is 24.1 Å². The normalized spacial score (nSPS) is 11.6. The lowest BCUT2D eigenvalue weighted by molar-refractivity contribution is -0.0980. The number of nitrogens with zero attached hydrogens (tertiary/aromatic N) is 3. The van der Waals surface area contributed by atoms with Crippen LogP contribution in [0.3, 0.4) is 0 Å². The minimum absolute atomic E-state index is 0.0221. The predicted octanol–water partition coefficient (Wildman–Crippen LogP) is 4.15. The molecular formula is C24H29F3N4O3. The molecular weight excluding hydrogens is 449 g/mol. The Balaban J connectivity index is 0.00000141. The lowest BCUT2D eigenvalue weighted by Gasteiger charge is -2.40. The van der Waals surface area contributed by atoms with E-state index in [0.29, 0.717) is 17.8 Å². The first-order chi connectivity index (χ1) is 16.4. The van der Waals surface area contributed by atoms with Gasteiger partial charge in [0, 0.05) is 24.0 Å². The molecule has 0 atom stereocenters. The van der Waals surface area contributed by atoms with E-state index in [2.05, 4.69) is 22.0 Å². The number of ether oxygens (including phenoxy) is 1. The van der Waals surface area contributed by atoms with Gasteiger partial charge in [0.25, 0.3) is 0 Å². The molecule has 0 aliphatic heterocycles. The number of rotatable bonds is 7. The van der Waals surface area contributed by atoms with Gasteiger partial charge < -0.3 is 20.2 Å². The molecule has 1 fully saturated rings. The summed E-state index contributed by atoms with van der Waals surface area (Å²) in [4.78, 5) is 23.0. The van der Waals surface area contributed by atoms with Crippen molar-refractivity contribution in [3.8, 4) is 11.8 Å². The fourth-order valence-electron chi connectivity index (χ4n) is 3.14. The maximum Gasteiger partial charge on any atom is 0.387 e. The van der Waals surface area contributed by atoms with Crippen LogP contribution in [0.5, 0.6) is 5.75 Å². The molecule has 3 rings (SSSR count). The van der Waals surface area contributed by atoms with Crippen LogP contribution < -0.4 is 15.4 Å². The van der Waals surface area contributed by atoms with Gasteiger partial charge in [0.05, 0.1) is 24.7 Å². The number of hydrogen-bond donors (Lipinski definition) is 1. The second-order valence-corrected chi connectivity index (χ2v) is 6.81. The highest BCUT2D eigenvalue weighted by Gasteiger charge is 2.28. The number of anilines is 1. The Labute approximate surface area is 197 Å². The number of hydrogen-bond acceptors (Lipinski definition) is 7. The van der Waals surface area contributed by atoms with Gasteiger partial charge in [-0.05, 0) is 63.1 Å². The van der Waals surface area contributed by atoms with Crippen LogP contribution in [0.1, 0.15) is 36.1 Å². The molecule has 1 saturated carbocycles. The Morgan fingerprint density at radius 2 is 1.91 bits per heavy atom. The van der Waals surface area contributed by atoms with Crippen LogP contribution in [0.25, 0.3) is 0 Å². The second-order valence-electron chi connectivity index (χ2n) is 6.81. The first-order valence-corrected chi connectivity index (χ1v) is 10.2. The third-order valence-corrected chi connectivity index (χ3v) is 4.75. The number of aryl methyl sites for hydroxylation is 1. The number of nitrogens with two attached hydrogens (primary N) is 1. The lowest BCUT2D eigenvalue weighted by atomic mass is 9.90. The van der Waals surface area contributed by atoms with E-state index in [9.17, 15) is 13.2 Å². The van der Waals surface area contributed by atoms with Crippen LogP contribution in [0.2, 0.25) is 0 Å². The number of carbonyl (C=O) groups excluding carboxylic acids is 2. The van der Waals surface area contributed by atoms with Gasteiger partial charge in [0.2, 0.25) is 0 Å². The molecule has 1 aromatic carbocycles. The van der Waals surface area contributed by atoms with E-state index in [1.165, 1.54) is 19.1 Å². The lowest BCUT2D eigenvalue weighted by Crippen LogP contribution is -2.40. The van der Waals surface area contributed by atoms with E-state index in [1.807, 2.05) is 36.8 Å². The van der Waals surface area contributed by atoms with E-state index in [1.54, 1.807) is 6.20 Å². The molecule has 184 valence electrons. The van der Waals surface area contributed by atoms with E-state index in [4.69, 9.17) is 14.9 Å². The van der Waals surface area contributed by atoms with Crippen LogP contribution in [0.15, 0.2) is 37.0 Å². The first kappa shape index (κ1) is 30.3. The van der Waals surface area contributed by atoms with E-state index < -0.39 is 18.2 Å². The monoisotopic (exact) mass is 478 g/mol. The van der Waals surface area contributed by atoms with Crippen LogP contribution in [-0.2, 0) is 22.6 Å². The van der Waals surface area contributed by atoms with Crippen LogP contribution in [-0.4, -0.2) is 37.4 Å². The van der Waals surface area contributed by atoms with Gasteiger partial charge in [-0.2, -0.15) is 14.0 Å². The number of pyridine rings is 1. The van der Waals surface area contributed by atoms with Crippen molar-refractivity contribution in [2.24, 2.45) is 5.73 Å². The summed E-state index contributed by atoms with van der Waals surface area (Å²) in [6.07, 6.45) is 4.70. The topological polar surface area (TPSA) is 109 Å². The van der Waals surface area contributed by atoms with E-state index in [0.717, 1.165) is 36.6 Å². The summed E-state index contributed by atoms with van der Waals surface area (Å²) in [7, 11) is 1.50. The standard InChI is InChI=1S/C20H20F3N3O.C2H2O.CH5N.CH2O/c1-13-5-6-15(25-11-13)12-26(16-3-2-4-16)18-10-19(27-20(22)23)17(21)9-14(18)7-8-24;1-2-3;2*1-2/h5-6,9-11,16,20H,2-4,7,12H2,1H3;1H2;2H2,1H3;1H2. The Bertz CT molecular complexity index is 940. The van der Waals surface area contributed by atoms with Crippen molar-refractivity contribution in [1.29, 1.82) is 5.26 Å². The van der Waals surface area contributed by atoms with Gasteiger partial charge in [-0.25, -0.2) is 9.18 Å². The minimum atomic E-state index is -3.12. The van der Waals surface area contributed by atoms with Gasteiger partial charge in [0.1, 0.15) is 12.7 Å². The van der Waals surface area contributed by atoms with Crippen molar-refractivity contribution in [2.45, 2.75) is 51.8 Å². The molecule has 0 radical (unpaired) electrons. The molecule has 0 spiro atoms. The molecule has 1 aromatic heterocycles. The average Bonchev–Trinajstić information content (AvgIpc) is 2.79. The number of benzene rings is 1. The summed E-state index contributed by atoms with van der Waals surface area (Å²) in [5, 5.41) is 9.11. The predicted molar refractivity (Wildman–Crippen MR) is 124 cm³/mol. The van der Waals surface area contributed by atoms with E-state index >= 15 is 0 Å². The number of aromatic nitrogens is 1. The Morgan fingerprint density at radius 1 is 1.29 bits per heavy atom. The summed E-state index contributed by atoms with van der Waals surface area (Å²) < 4.78 is 43.8. The number of halogens is 3. The van der Waals surface area contributed by atoms with Crippen molar-refractivity contribution in [3.63, 3.8) is 0 Å². The molecule has 0 unspecified atom stereocenters. The van der Waals surface area contributed by atoms with Gasteiger partial charge in [-0.15, -0.1) is 0 Å². The maximum atomic E-state index is 14.1. The summed E-state index contributed by atoms with van der Waals surface area (Å²) in [6, 6.07) is 8.46. The SMILES string of the molecule is C=C=O.C=O.CN.Cc1ccc(CN(c2cc(OC(F)F)c(F)cc2CC#N)C2CCC2)nc1. The highest BCUT2D eigenvalue weighted by Crippen LogP contribution is 2.37. The summed E-state index contributed by atoms with van der Waals surface area (Å²) in [5.74, 6) is -0.158. The Morgan fingerprint density at radius 3 is 2.35 bits per heavy atom. The summed E-state index contributed by atoms with van der Waals surface area (Å²) in [6.45, 7) is 3.95. The molecule has 10 heteroatoms. The number of carbonyl (C=O) groups is 1. The number of alkyl halides is 2. The van der Waals surface area contributed by atoms with E-state index in [-0.39, 0.29) is 12.5 Å². The van der Waals surface area contributed by atoms with Crippen molar-refractivity contribution >= 4 is 18.4 Å². The highest BCUT2D eigenvalue weighted by molar-refractivity contribution is 5.59. The fraction of sp³-hybridized carbons (Fsp3) is 0.375. The molecule has 0 bridgehead atoms. The molecule has 1 aliphatic carbocycles. The van der Waals surface area contributed by atoms with Gasteiger partial charge in [-0.1, -0.05) is 6.07 Å². The molecule has 7 nitrogen and oxygen atoms in total. The Kier molecular flexibility index (Phi) is 15.1. The Hall–Kier alpha value is -3.67. The zero-order valence-corrected chi connectivity index (χ0v) is 19.3. The summed E-state index contributed by atoms with van der Waals surface area (Å²) >= 11 is 0. The molecule has 2 N–H and O–H groups in total. The summed E-state index contributed by atoms with van der Waals surface area (Å²) in [5.41, 5.74) is 7.35. The van der Waals surface area contributed by atoms with Crippen molar-refractivity contribution in [1.82, 2.24) is 4.98 Å². The molecule has 1 aliphatic rings. The largest absolute Gasteiger partial charge is 0.432 e. The smallest absolute Gasteiger partial charge is 0.387 e. The molecule has 2 aromatic rings. The van der Waals surface area contributed by atoms with Crippen molar-refractivity contribution < 1.29 is 27.5 Å². The molecule has 1 heterocycles. The van der Waals surface area contributed by atoms with Gasteiger partial charge in [0.15, 0.2) is 11.6 Å². The molecule has 34 heavy (non-hydrogen) atoms. The molecule has 0 amide bonds. The third-order valence-electron chi connectivity index (χ3n) is 4.75. The second kappa shape index (κ2) is 16.9. The quantitative estimate of drug-likeness (QED) is 0.596. The zero-order chi connectivity index (χ0) is 26.1. The van der Waals surface area contributed by atoms with Crippen LogP contribution >= 0.6 is 0 Å². The van der Waals surface area contributed by atoms with Crippen molar-refractivity contribution in [3.05, 3.63) is 59.7 Å². The van der Waals surface area contributed by atoms with Gasteiger partial charge in [-0.3, -0.25) is 4.98 Å². The third kappa shape index (κ3) is 9.45. The average molecular weight is 479 g/mol.